The first-order chi connectivity index (χ1) is 11.6. The summed E-state index contributed by atoms with van der Waals surface area (Å²) in [5, 5.41) is 2.73. The topological polar surface area (TPSA) is 64.6 Å². The molecule has 1 N–H and O–H groups in total. The maximum absolute atomic E-state index is 12.0. The van der Waals surface area contributed by atoms with Gasteiger partial charge in [0.15, 0.2) is 0 Å². The van der Waals surface area contributed by atoms with Crippen LogP contribution in [0, 0.1) is 0 Å². The van der Waals surface area contributed by atoms with Crippen molar-refractivity contribution in [1.82, 2.24) is 0 Å². The normalized spacial score (nSPS) is 10.4. The minimum absolute atomic E-state index is 0.271. The van der Waals surface area contributed by atoms with Gasteiger partial charge in [0.25, 0.3) is 0 Å². The summed E-state index contributed by atoms with van der Waals surface area (Å²) in [5.41, 5.74) is 1.85. The van der Waals surface area contributed by atoms with Gasteiger partial charge >= 0.3 is 5.97 Å². The summed E-state index contributed by atoms with van der Waals surface area (Å²) in [5.74, 6) is 0.0407. The molecule has 2 rings (SSSR count). The number of carbonyl (C=O) groups is 2. The Balaban J connectivity index is 2.01. The molecule has 2 aromatic carbocycles. The highest BCUT2D eigenvalue weighted by atomic mass is 16.5. The Morgan fingerprint density at radius 1 is 1.08 bits per heavy atom. The summed E-state index contributed by atoms with van der Waals surface area (Å²) < 4.78 is 10.1. The van der Waals surface area contributed by atoms with Crippen molar-refractivity contribution in [3.05, 3.63) is 65.7 Å². The predicted molar refractivity (Wildman–Crippen MR) is 93.1 cm³/mol. The Morgan fingerprint density at radius 2 is 1.79 bits per heavy atom. The van der Waals surface area contributed by atoms with Crippen LogP contribution < -0.4 is 10.1 Å². The molecule has 0 aliphatic heterocycles. The van der Waals surface area contributed by atoms with Gasteiger partial charge in [0.05, 0.1) is 19.3 Å². The number of esters is 1. The van der Waals surface area contributed by atoms with Crippen LogP contribution in [0.3, 0.4) is 0 Å². The van der Waals surface area contributed by atoms with E-state index in [1.807, 2.05) is 31.2 Å². The second-order valence-corrected chi connectivity index (χ2v) is 4.86. The number of amides is 1. The lowest BCUT2D eigenvalue weighted by atomic mass is 10.2. The molecule has 0 spiro atoms. The molecule has 0 aliphatic rings. The van der Waals surface area contributed by atoms with E-state index in [0.717, 1.165) is 11.3 Å². The lowest BCUT2D eigenvalue weighted by Gasteiger charge is -2.06. The Bertz CT molecular complexity index is 735. The molecule has 0 fully saturated rings. The summed E-state index contributed by atoms with van der Waals surface area (Å²) in [4.78, 5) is 23.4. The SMILES string of the molecule is CCOc1ccccc1/C=C/C(=O)Nc1ccc(C(=O)OC)cc1. The number of benzene rings is 2. The van der Waals surface area contributed by atoms with Gasteiger partial charge in [-0.3, -0.25) is 4.79 Å². The molecule has 0 aliphatic carbocycles. The van der Waals surface area contributed by atoms with Crippen LogP contribution in [0.25, 0.3) is 6.08 Å². The summed E-state index contributed by atoms with van der Waals surface area (Å²) in [6.07, 6.45) is 3.13. The number of hydrogen-bond donors (Lipinski definition) is 1. The van der Waals surface area contributed by atoms with Gasteiger partial charge in [0.1, 0.15) is 5.75 Å². The number of anilines is 1. The van der Waals surface area contributed by atoms with Crippen molar-refractivity contribution < 1.29 is 19.1 Å². The number of methoxy groups -OCH3 is 1. The van der Waals surface area contributed by atoms with E-state index < -0.39 is 5.97 Å². The highest BCUT2D eigenvalue weighted by Gasteiger charge is 2.05. The maximum Gasteiger partial charge on any atom is 0.337 e. The number of carbonyl (C=O) groups excluding carboxylic acids is 2. The third kappa shape index (κ3) is 4.71. The molecule has 5 heteroatoms. The molecule has 0 heterocycles. The molecule has 0 unspecified atom stereocenters. The zero-order valence-corrected chi connectivity index (χ0v) is 13.6. The Hall–Kier alpha value is -3.08. The molecule has 0 radical (unpaired) electrons. The second kappa shape index (κ2) is 8.53. The average Bonchev–Trinajstić information content (AvgIpc) is 2.61. The molecule has 1 amide bonds. The molecule has 0 saturated carbocycles. The van der Waals surface area contributed by atoms with E-state index in [4.69, 9.17) is 4.74 Å². The van der Waals surface area contributed by atoms with Crippen LogP contribution in [0.1, 0.15) is 22.8 Å². The third-order valence-corrected chi connectivity index (χ3v) is 3.21. The molecule has 2 aromatic rings. The second-order valence-electron chi connectivity index (χ2n) is 4.86. The minimum Gasteiger partial charge on any atom is -0.493 e. The van der Waals surface area contributed by atoms with Crippen molar-refractivity contribution >= 4 is 23.6 Å². The quantitative estimate of drug-likeness (QED) is 0.652. The fourth-order valence-electron chi connectivity index (χ4n) is 2.06. The van der Waals surface area contributed by atoms with E-state index in [1.165, 1.54) is 13.2 Å². The molecule has 5 nitrogen and oxygen atoms in total. The summed E-state index contributed by atoms with van der Waals surface area (Å²) in [6.45, 7) is 2.47. The minimum atomic E-state index is -0.416. The van der Waals surface area contributed by atoms with E-state index in [-0.39, 0.29) is 5.91 Å². The molecule has 0 bridgehead atoms. The van der Waals surface area contributed by atoms with Gasteiger partial charge in [0, 0.05) is 17.3 Å². The van der Waals surface area contributed by atoms with Crippen LogP contribution in [0.4, 0.5) is 5.69 Å². The predicted octanol–water partition coefficient (Wildman–Crippen LogP) is 3.52. The van der Waals surface area contributed by atoms with Crippen LogP contribution in [-0.4, -0.2) is 25.6 Å². The van der Waals surface area contributed by atoms with Gasteiger partial charge in [-0.1, -0.05) is 18.2 Å². The molecule has 0 atom stereocenters. The first-order valence-electron chi connectivity index (χ1n) is 7.53. The van der Waals surface area contributed by atoms with E-state index in [9.17, 15) is 9.59 Å². The number of ether oxygens (including phenoxy) is 2. The van der Waals surface area contributed by atoms with Crippen molar-refractivity contribution in [1.29, 1.82) is 0 Å². The lowest BCUT2D eigenvalue weighted by Crippen LogP contribution is -2.08. The highest BCUT2D eigenvalue weighted by molar-refractivity contribution is 6.02. The zero-order chi connectivity index (χ0) is 17.4. The fraction of sp³-hybridized carbons (Fsp3) is 0.158. The summed E-state index contributed by atoms with van der Waals surface area (Å²) >= 11 is 0. The largest absolute Gasteiger partial charge is 0.493 e. The van der Waals surface area contributed by atoms with Gasteiger partial charge in [-0.2, -0.15) is 0 Å². The summed E-state index contributed by atoms with van der Waals surface area (Å²) in [6, 6.07) is 14.0. The third-order valence-electron chi connectivity index (χ3n) is 3.21. The van der Waals surface area contributed by atoms with Gasteiger partial charge < -0.3 is 14.8 Å². The number of rotatable bonds is 6. The maximum atomic E-state index is 12.0. The molecule has 24 heavy (non-hydrogen) atoms. The fourth-order valence-corrected chi connectivity index (χ4v) is 2.06. The zero-order valence-electron chi connectivity index (χ0n) is 13.6. The van der Waals surface area contributed by atoms with Crippen LogP contribution in [-0.2, 0) is 9.53 Å². The van der Waals surface area contributed by atoms with Crippen molar-refractivity contribution in [2.45, 2.75) is 6.92 Å². The number of para-hydroxylation sites is 1. The van der Waals surface area contributed by atoms with Crippen LogP contribution in [0.2, 0.25) is 0 Å². The average molecular weight is 325 g/mol. The molecule has 0 aromatic heterocycles. The molecular formula is C19H19NO4. The lowest BCUT2D eigenvalue weighted by molar-refractivity contribution is -0.111. The van der Waals surface area contributed by atoms with E-state index in [0.29, 0.717) is 17.9 Å². The Morgan fingerprint density at radius 3 is 2.46 bits per heavy atom. The first kappa shape index (κ1) is 17.3. The molecule has 0 saturated heterocycles. The van der Waals surface area contributed by atoms with Crippen molar-refractivity contribution in [3.63, 3.8) is 0 Å². The molecular weight excluding hydrogens is 306 g/mol. The van der Waals surface area contributed by atoms with Gasteiger partial charge in [-0.25, -0.2) is 4.79 Å². The van der Waals surface area contributed by atoms with Crippen molar-refractivity contribution in [2.24, 2.45) is 0 Å². The monoisotopic (exact) mass is 325 g/mol. The first-order valence-corrected chi connectivity index (χ1v) is 7.53. The van der Waals surface area contributed by atoms with E-state index >= 15 is 0 Å². The number of nitrogens with one attached hydrogen (secondary N) is 1. The smallest absolute Gasteiger partial charge is 0.337 e. The van der Waals surface area contributed by atoms with E-state index in [1.54, 1.807) is 30.3 Å². The van der Waals surface area contributed by atoms with Crippen LogP contribution in [0.5, 0.6) is 5.75 Å². The standard InChI is InChI=1S/C19H19NO4/c1-3-24-17-7-5-4-6-14(17)10-13-18(21)20-16-11-8-15(9-12-16)19(22)23-2/h4-13H,3H2,1-2H3,(H,20,21)/b13-10+. The Labute approximate surface area is 140 Å². The van der Waals surface area contributed by atoms with Gasteiger partial charge in [-0.15, -0.1) is 0 Å². The van der Waals surface area contributed by atoms with Crippen molar-refractivity contribution in [3.8, 4) is 5.75 Å². The highest BCUT2D eigenvalue weighted by Crippen LogP contribution is 2.19. The van der Waals surface area contributed by atoms with Gasteiger partial charge in [0.2, 0.25) is 5.91 Å². The van der Waals surface area contributed by atoms with Crippen LogP contribution in [0.15, 0.2) is 54.6 Å². The van der Waals surface area contributed by atoms with Crippen molar-refractivity contribution in [2.75, 3.05) is 19.0 Å². The molecule has 124 valence electrons. The van der Waals surface area contributed by atoms with Gasteiger partial charge in [-0.05, 0) is 43.3 Å². The summed E-state index contributed by atoms with van der Waals surface area (Å²) in [7, 11) is 1.32. The Kier molecular flexibility index (Phi) is 6.14. The van der Waals surface area contributed by atoms with E-state index in [2.05, 4.69) is 10.1 Å². The van der Waals surface area contributed by atoms with Crippen LogP contribution >= 0.6 is 0 Å². The number of hydrogen-bond acceptors (Lipinski definition) is 4.